The minimum atomic E-state index is -1.05. The maximum atomic E-state index is 13.8. The highest BCUT2D eigenvalue weighted by molar-refractivity contribution is 6.44. The summed E-state index contributed by atoms with van der Waals surface area (Å²) >= 11 is 0. The van der Waals surface area contributed by atoms with Crippen LogP contribution in [0.25, 0.3) is 5.57 Å². The van der Waals surface area contributed by atoms with Gasteiger partial charge in [-0.2, -0.15) is 15.3 Å². The Morgan fingerprint density at radius 2 is 1.41 bits per heavy atom. The highest BCUT2D eigenvalue weighted by atomic mass is 16.5. The first-order chi connectivity index (χ1) is 33.0. The number of rotatable bonds is 26. The molecule has 69 heavy (non-hydrogen) atoms. The number of ketones is 1. The summed E-state index contributed by atoms with van der Waals surface area (Å²) in [7, 11) is 11.5. The van der Waals surface area contributed by atoms with E-state index in [1.807, 2.05) is 84.6 Å². The third-order valence-electron chi connectivity index (χ3n) is 11.7. The molecule has 0 radical (unpaired) electrons. The van der Waals surface area contributed by atoms with Gasteiger partial charge in [0.1, 0.15) is 25.2 Å². The van der Waals surface area contributed by atoms with Gasteiger partial charge in [0.05, 0.1) is 47.9 Å². The largest absolute Gasteiger partial charge is 0.506 e. The average molecular weight is 951 g/mol. The molecule has 3 aliphatic rings. The van der Waals surface area contributed by atoms with E-state index < -0.39 is 17.9 Å². The van der Waals surface area contributed by atoms with Gasteiger partial charge in [-0.1, -0.05) is 25.1 Å². The molecular weight excluding hydrogens is 881 g/mol. The number of likely N-dealkylation sites (N-methyl/N-ethyl adjacent to an activating group) is 1. The molecular formula is C51H70N10O8. The highest BCUT2D eigenvalue weighted by Gasteiger charge is 2.43. The highest BCUT2D eigenvalue weighted by Crippen LogP contribution is 2.43. The van der Waals surface area contributed by atoms with Crippen LogP contribution in [0.5, 0.6) is 0 Å². The number of allylic oxidation sites excluding steroid dienone is 6. The molecule has 1 heterocycles. The number of hydrazone groups is 3. The molecule has 1 unspecified atom stereocenters. The van der Waals surface area contributed by atoms with Crippen LogP contribution in [0.3, 0.4) is 0 Å². The Balaban J connectivity index is 1.25. The lowest BCUT2D eigenvalue weighted by Gasteiger charge is -2.29. The summed E-state index contributed by atoms with van der Waals surface area (Å²) < 4.78 is 11.4. The molecule has 1 aliphatic heterocycles. The van der Waals surface area contributed by atoms with E-state index in [2.05, 4.69) is 42.6 Å². The van der Waals surface area contributed by atoms with E-state index in [1.165, 1.54) is 17.6 Å². The molecule has 3 N–H and O–H groups in total. The number of esters is 2. The van der Waals surface area contributed by atoms with E-state index in [9.17, 15) is 29.4 Å². The number of nitrogens with one attached hydrogen (secondary N) is 1. The number of nitrogens with zero attached hydrogens (tertiary/aromatic N) is 9. The standard InChI is InChI=1S/C51H70N10O8/c1-10-42-47(51(67)61(11-2)55-42)48-49(65)46(50(48)66)41-25-24-40(32-43(41)54-35(3)62)60(28-30-68-44(63)14-12-26-58(8)38-20-16-36(17-21-38)33-52-56(4)5)29-31-69-45(64)15-13-27-59(9)39-22-18-37(19-23-39)34-53-57(6)7/h16-18,20-22,24-25,32-35,54,62,65H,10-15,19,23,26-31H2,1-9H3/b48-47?,52-33+,53-34+. The number of anilines is 3. The molecule has 0 aromatic heterocycles. The summed E-state index contributed by atoms with van der Waals surface area (Å²) in [6, 6.07) is 13.1. The number of amides is 1. The second kappa shape index (κ2) is 25.4. The van der Waals surface area contributed by atoms with Crippen molar-refractivity contribution in [1.82, 2.24) is 19.9 Å². The van der Waals surface area contributed by atoms with Crippen LogP contribution in [0.2, 0.25) is 0 Å². The number of ether oxygens (including phenoxy) is 2. The van der Waals surface area contributed by atoms with Crippen molar-refractivity contribution in [1.29, 1.82) is 0 Å². The molecule has 2 aliphatic carbocycles. The summed E-state index contributed by atoms with van der Waals surface area (Å²) in [6.45, 7) is 7.30. The Hall–Kier alpha value is -6.95. The van der Waals surface area contributed by atoms with E-state index >= 15 is 0 Å². The van der Waals surface area contributed by atoms with Gasteiger partial charge in [-0.25, -0.2) is 5.01 Å². The lowest BCUT2D eigenvalue weighted by atomic mass is 9.79. The quantitative estimate of drug-likeness (QED) is 0.0338. The minimum Gasteiger partial charge on any atom is -0.506 e. The second-order valence-electron chi connectivity index (χ2n) is 17.4. The number of benzene rings is 2. The lowest BCUT2D eigenvalue weighted by molar-refractivity contribution is -0.143. The summed E-state index contributed by atoms with van der Waals surface area (Å²) in [5, 5.41) is 42.5. The van der Waals surface area contributed by atoms with Gasteiger partial charge in [-0.15, -0.1) is 0 Å². The SMILES string of the molecule is CCC1=NN(CC)C(=O)C1=C1C(=O)C(c2ccc(N(CCOC(=O)CCCN(C)C3=CC=C(/C=N/N(C)C)CC3)CCOC(=O)CCCN(C)c3ccc(/C=N/N(C)C)cc3)cc2NC(C)O)=C1O. The molecule has 0 bridgehead atoms. The maximum Gasteiger partial charge on any atom is 0.305 e. The van der Waals surface area contributed by atoms with Gasteiger partial charge in [-0.3, -0.25) is 19.2 Å². The third kappa shape index (κ3) is 14.8. The molecule has 1 amide bonds. The first-order valence-corrected chi connectivity index (χ1v) is 23.6. The van der Waals surface area contributed by atoms with Gasteiger partial charge in [0.15, 0.2) is 0 Å². The molecule has 2 aromatic carbocycles. The molecule has 372 valence electrons. The molecule has 1 atom stereocenters. The molecule has 18 nitrogen and oxygen atoms in total. The predicted octanol–water partition coefficient (Wildman–Crippen LogP) is 5.78. The Morgan fingerprint density at radius 3 is 1.96 bits per heavy atom. The zero-order valence-corrected chi connectivity index (χ0v) is 41.7. The van der Waals surface area contributed by atoms with Crippen LogP contribution >= 0.6 is 0 Å². The molecule has 0 saturated carbocycles. The van der Waals surface area contributed by atoms with E-state index in [0.717, 1.165) is 29.7 Å². The summed E-state index contributed by atoms with van der Waals surface area (Å²) in [5.41, 5.74) is 6.05. The third-order valence-corrected chi connectivity index (χ3v) is 11.7. The van der Waals surface area contributed by atoms with Crippen molar-refractivity contribution in [2.45, 2.75) is 71.9 Å². The van der Waals surface area contributed by atoms with Gasteiger partial charge in [-0.05, 0) is 93.5 Å². The Labute approximate surface area is 406 Å². The van der Waals surface area contributed by atoms with Crippen LogP contribution in [-0.4, -0.2) is 166 Å². The monoisotopic (exact) mass is 951 g/mol. The second-order valence-corrected chi connectivity index (χ2v) is 17.4. The molecule has 0 fully saturated rings. The van der Waals surface area contributed by atoms with Crippen molar-refractivity contribution >= 4 is 64.4 Å². The van der Waals surface area contributed by atoms with E-state index in [-0.39, 0.29) is 73.6 Å². The fourth-order valence-corrected chi connectivity index (χ4v) is 7.88. The first kappa shape index (κ1) is 53.0. The summed E-state index contributed by atoms with van der Waals surface area (Å²) in [5.74, 6) is -1.97. The van der Waals surface area contributed by atoms with Gasteiger partial charge in [0.2, 0.25) is 5.78 Å². The molecule has 18 heteroatoms. The van der Waals surface area contributed by atoms with Crippen molar-refractivity contribution in [3.63, 3.8) is 0 Å². The van der Waals surface area contributed by atoms with E-state index in [1.54, 1.807) is 41.4 Å². The van der Waals surface area contributed by atoms with Crippen molar-refractivity contribution < 1.29 is 38.9 Å². The van der Waals surface area contributed by atoms with Gasteiger partial charge in [0.25, 0.3) is 5.91 Å². The van der Waals surface area contributed by atoms with E-state index in [4.69, 9.17) is 9.47 Å². The average Bonchev–Trinajstić information content (AvgIpc) is 3.63. The summed E-state index contributed by atoms with van der Waals surface area (Å²) in [6.07, 6.45) is 10.6. The normalized spacial score (nSPS) is 16.3. The number of Topliss-reactive ketones (excluding diaryl/α,β-unsaturated/α-hetero) is 1. The van der Waals surface area contributed by atoms with Gasteiger partial charge in [0, 0.05) is 103 Å². The number of hydrogen-bond acceptors (Lipinski definition) is 17. The number of aliphatic hydroxyl groups excluding tert-OH is 2. The van der Waals surface area contributed by atoms with E-state index in [0.29, 0.717) is 61.5 Å². The van der Waals surface area contributed by atoms with Crippen LogP contribution in [0, 0.1) is 0 Å². The minimum absolute atomic E-state index is 0.00183. The van der Waals surface area contributed by atoms with Crippen molar-refractivity contribution in [2.24, 2.45) is 15.3 Å². The van der Waals surface area contributed by atoms with Crippen LogP contribution < -0.4 is 15.1 Å². The van der Waals surface area contributed by atoms with Crippen LogP contribution in [0.1, 0.15) is 76.8 Å². The number of aliphatic hydroxyl groups is 2. The Kier molecular flexibility index (Phi) is 19.5. The van der Waals surface area contributed by atoms with Crippen LogP contribution in [0.15, 0.2) is 98.1 Å². The smallest absolute Gasteiger partial charge is 0.305 e. The number of hydrogen-bond donors (Lipinski definition) is 3. The Morgan fingerprint density at radius 1 is 0.797 bits per heavy atom. The Bertz CT molecular complexity index is 2380. The van der Waals surface area contributed by atoms with Crippen molar-refractivity contribution in [3.8, 4) is 0 Å². The van der Waals surface area contributed by atoms with Gasteiger partial charge < -0.3 is 49.7 Å². The number of carbonyl (C=O) groups excluding carboxylic acids is 4. The fraction of sp³-hybridized carbons (Fsp3) is 0.471. The molecule has 0 saturated heterocycles. The zero-order chi connectivity index (χ0) is 50.2. The van der Waals surface area contributed by atoms with Crippen molar-refractivity contribution in [2.75, 3.05) is 103 Å². The molecule has 5 rings (SSSR count). The van der Waals surface area contributed by atoms with Crippen LogP contribution in [-0.2, 0) is 28.7 Å². The summed E-state index contributed by atoms with van der Waals surface area (Å²) in [4.78, 5) is 59.0. The fourth-order valence-electron chi connectivity index (χ4n) is 7.88. The number of carbonyl (C=O) groups is 4. The van der Waals surface area contributed by atoms with Gasteiger partial charge >= 0.3 is 11.9 Å². The molecule has 0 spiro atoms. The molecule has 2 aromatic rings. The van der Waals surface area contributed by atoms with Crippen molar-refractivity contribution in [3.05, 3.63) is 93.9 Å². The predicted molar refractivity (Wildman–Crippen MR) is 272 cm³/mol. The first-order valence-electron chi connectivity index (χ1n) is 23.6. The van der Waals surface area contributed by atoms with Crippen LogP contribution in [0.4, 0.5) is 17.1 Å². The lowest BCUT2D eigenvalue weighted by Crippen LogP contribution is -2.33. The zero-order valence-electron chi connectivity index (χ0n) is 41.7. The maximum absolute atomic E-state index is 13.8. The topological polar surface area (TPSA) is 196 Å².